The minimum absolute atomic E-state index is 0.0190. The summed E-state index contributed by atoms with van der Waals surface area (Å²) < 4.78 is 27.4. The van der Waals surface area contributed by atoms with Gasteiger partial charge in [-0.2, -0.15) is 0 Å². The molecule has 0 atom stereocenters. The molecule has 2 rings (SSSR count). The lowest BCUT2D eigenvalue weighted by atomic mass is 10.3. The fourth-order valence-electron chi connectivity index (χ4n) is 1.20. The number of H-pyrrole nitrogens is 1. The van der Waals surface area contributed by atoms with Gasteiger partial charge in [-0.1, -0.05) is 0 Å². The first-order valence-corrected chi connectivity index (χ1v) is 4.39. The van der Waals surface area contributed by atoms with E-state index in [-0.39, 0.29) is 16.4 Å². The standard InChI is InChI=1S/C8H6F2N4S/c9-4-1-2-6(5(10)3-4)14-7(11)12-13-8(14)15/h1-3H,(H2,11,12)(H,13,15). The number of halogens is 2. The number of hydrogen-bond donors (Lipinski definition) is 2. The summed E-state index contributed by atoms with van der Waals surface area (Å²) in [7, 11) is 0. The molecule has 78 valence electrons. The zero-order valence-electron chi connectivity index (χ0n) is 7.37. The third-order valence-electron chi connectivity index (χ3n) is 1.85. The van der Waals surface area contributed by atoms with E-state index < -0.39 is 11.6 Å². The van der Waals surface area contributed by atoms with Crippen LogP contribution in [-0.4, -0.2) is 14.8 Å². The molecule has 0 radical (unpaired) electrons. The highest BCUT2D eigenvalue weighted by molar-refractivity contribution is 7.71. The van der Waals surface area contributed by atoms with Crippen LogP contribution in [-0.2, 0) is 0 Å². The first kappa shape index (κ1) is 9.78. The molecule has 0 saturated carbocycles. The highest BCUT2D eigenvalue weighted by atomic mass is 32.1. The molecule has 1 aromatic heterocycles. The molecule has 7 heteroatoms. The maximum Gasteiger partial charge on any atom is 0.225 e. The smallest absolute Gasteiger partial charge is 0.225 e. The Morgan fingerprint density at radius 2 is 2.13 bits per heavy atom. The Balaban J connectivity index is 2.69. The SMILES string of the molecule is Nc1n[nH]c(=S)n1-c1ccc(F)cc1F. The van der Waals surface area contributed by atoms with Crippen molar-refractivity contribution in [2.24, 2.45) is 0 Å². The normalized spacial score (nSPS) is 10.5. The number of anilines is 1. The van der Waals surface area contributed by atoms with Gasteiger partial charge in [-0.05, 0) is 24.4 Å². The summed E-state index contributed by atoms with van der Waals surface area (Å²) in [5, 5.41) is 6.03. The molecule has 1 aromatic carbocycles. The number of aromatic nitrogens is 3. The van der Waals surface area contributed by atoms with E-state index in [1.165, 1.54) is 10.6 Å². The van der Waals surface area contributed by atoms with E-state index in [9.17, 15) is 8.78 Å². The van der Waals surface area contributed by atoms with Crippen molar-refractivity contribution >= 4 is 18.2 Å². The fourth-order valence-corrected chi connectivity index (χ4v) is 1.44. The fraction of sp³-hybridized carbons (Fsp3) is 0. The molecule has 0 aliphatic rings. The Kier molecular flexibility index (Phi) is 2.24. The molecule has 1 heterocycles. The molecule has 0 amide bonds. The topological polar surface area (TPSA) is 59.6 Å². The second kappa shape index (κ2) is 3.43. The second-order valence-electron chi connectivity index (χ2n) is 2.82. The first-order valence-electron chi connectivity index (χ1n) is 3.98. The number of hydrogen-bond acceptors (Lipinski definition) is 3. The zero-order valence-corrected chi connectivity index (χ0v) is 8.18. The van der Waals surface area contributed by atoms with Crippen LogP contribution < -0.4 is 5.73 Å². The van der Waals surface area contributed by atoms with Crippen LogP contribution in [0.1, 0.15) is 0 Å². The van der Waals surface area contributed by atoms with Gasteiger partial charge in [0.2, 0.25) is 10.7 Å². The van der Waals surface area contributed by atoms with Crippen molar-refractivity contribution in [3.05, 3.63) is 34.6 Å². The summed E-state index contributed by atoms with van der Waals surface area (Å²) in [6.07, 6.45) is 0. The van der Waals surface area contributed by atoms with E-state index >= 15 is 0 Å². The van der Waals surface area contributed by atoms with Gasteiger partial charge in [0.15, 0.2) is 0 Å². The summed E-state index contributed by atoms with van der Waals surface area (Å²) in [5.74, 6) is -1.39. The predicted octanol–water partition coefficient (Wildman–Crippen LogP) is 1.79. The molecule has 0 spiro atoms. The number of nitrogens with zero attached hydrogens (tertiary/aromatic N) is 2. The minimum Gasteiger partial charge on any atom is -0.368 e. The van der Waals surface area contributed by atoms with Crippen LogP contribution in [0.4, 0.5) is 14.7 Å². The van der Waals surface area contributed by atoms with Crippen molar-refractivity contribution < 1.29 is 8.78 Å². The zero-order chi connectivity index (χ0) is 11.0. The van der Waals surface area contributed by atoms with Crippen molar-refractivity contribution in [3.8, 4) is 5.69 Å². The van der Waals surface area contributed by atoms with Crippen molar-refractivity contribution in [2.45, 2.75) is 0 Å². The van der Waals surface area contributed by atoms with Gasteiger partial charge in [0, 0.05) is 6.07 Å². The highest BCUT2D eigenvalue weighted by Gasteiger charge is 2.10. The van der Waals surface area contributed by atoms with Crippen LogP contribution in [0, 0.1) is 16.4 Å². The molecule has 0 aliphatic carbocycles. The van der Waals surface area contributed by atoms with Gasteiger partial charge in [0.1, 0.15) is 11.6 Å². The molecule has 0 saturated heterocycles. The molecule has 3 N–H and O–H groups in total. The Labute approximate surface area is 88.3 Å². The van der Waals surface area contributed by atoms with Gasteiger partial charge in [-0.15, -0.1) is 5.10 Å². The molecule has 0 bridgehead atoms. The third-order valence-corrected chi connectivity index (χ3v) is 2.12. The van der Waals surface area contributed by atoms with Crippen molar-refractivity contribution in [1.29, 1.82) is 0 Å². The van der Waals surface area contributed by atoms with E-state index in [4.69, 9.17) is 18.0 Å². The Morgan fingerprint density at radius 1 is 1.40 bits per heavy atom. The summed E-state index contributed by atoms with van der Waals surface area (Å²) in [6, 6.07) is 3.11. The van der Waals surface area contributed by atoms with Gasteiger partial charge in [-0.3, -0.25) is 4.57 Å². The molecule has 15 heavy (non-hydrogen) atoms. The largest absolute Gasteiger partial charge is 0.368 e. The average molecular weight is 228 g/mol. The summed E-state index contributed by atoms with van der Waals surface area (Å²) in [5.41, 5.74) is 5.54. The number of benzene rings is 1. The first-order chi connectivity index (χ1) is 7.09. The number of nitrogens with one attached hydrogen (secondary N) is 1. The van der Waals surface area contributed by atoms with Crippen molar-refractivity contribution in [1.82, 2.24) is 14.8 Å². The number of nitrogen functional groups attached to an aromatic ring is 1. The van der Waals surface area contributed by atoms with E-state index in [1.807, 2.05) is 0 Å². The van der Waals surface area contributed by atoms with Crippen LogP contribution in [0.3, 0.4) is 0 Å². The molecule has 0 aliphatic heterocycles. The third kappa shape index (κ3) is 1.61. The molecule has 2 aromatic rings. The van der Waals surface area contributed by atoms with Gasteiger partial charge in [0.25, 0.3) is 0 Å². The van der Waals surface area contributed by atoms with Gasteiger partial charge in [0.05, 0.1) is 5.69 Å². The number of rotatable bonds is 1. The summed E-state index contributed by atoms with van der Waals surface area (Å²) in [4.78, 5) is 0. The van der Waals surface area contributed by atoms with Crippen LogP contribution >= 0.6 is 12.2 Å². The number of aromatic amines is 1. The lowest BCUT2D eigenvalue weighted by molar-refractivity contribution is 0.577. The lowest BCUT2D eigenvalue weighted by Gasteiger charge is -2.04. The van der Waals surface area contributed by atoms with Crippen LogP contribution in [0.2, 0.25) is 0 Å². The molecular weight excluding hydrogens is 222 g/mol. The molecule has 4 nitrogen and oxygen atoms in total. The second-order valence-corrected chi connectivity index (χ2v) is 3.20. The average Bonchev–Trinajstić information content (AvgIpc) is 2.48. The van der Waals surface area contributed by atoms with Crippen LogP contribution in [0.5, 0.6) is 0 Å². The van der Waals surface area contributed by atoms with Gasteiger partial charge >= 0.3 is 0 Å². The van der Waals surface area contributed by atoms with Gasteiger partial charge < -0.3 is 5.73 Å². The minimum atomic E-state index is -0.751. The van der Waals surface area contributed by atoms with Crippen LogP contribution in [0.25, 0.3) is 5.69 Å². The molecule has 0 fully saturated rings. The van der Waals surface area contributed by atoms with E-state index in [2.05, 4.69) is 10.2 Å². The van der Waals surface area contributed by atoms with Gasteiger partial charge in [-0.25, -0.2) is 13.9 Å². The highest BCUT2D eigenvalue weighted by Crippen LogP contribution is 2.17. The maximum atomic E-state index is 13.4. The van der Waals surface area contributed by atoms with E-state index in [1.54, 1.807) is 0 Å². The Morgan fingerprint density at radius 3 is 2.67 bits per heavy atom. The number of nitrogens with two attached hydrogens (primary N) is 1. The maximum absolute atomic E-state index is 13.4. The summed E-state index contributed by atoms with van der Waals surface area (Å²) in [6.45, 7) is 0. The Bertz CT molecular complexity index is 560. The van der Waals surface area contributed by atoms with Crippen molar-refractivity contribution in [2.75, 3.05) is 5.73 Å². The molecule has 0 unspecified atom stereocenters. The predicted molar refractivity (Wildman–Crippen MR) is 53.1 cm³/mol. The van der Waals surface area contributed by atoms with Crippen molar-refractivity contribution in [3.63, 3.8) is 0 Å². The van der Waals surface area contributed by atoms with E-state index in [0.29, 0.717) is 0 Å². The lowest BCUT2D eigenvalue weighted by Crippen LogP contribution is -2.03. The monoisotopic (exact) mass is 228 g/mol. The summed E-state index contributed by atoms with van der Waals surface area (Å²) >= 11 is 4.85. The Hall–Kier alpha value is -1.76. The quantitative estimate of drug-likeness (QED) is 0.731. The van der Waals surface area contributed by atoms with Crippen LogP contribution in [0.15, 0.2) is 18.2 Å². The van der Waals surface area contributed by atoms with E-state index in [0.717, 1.165) is 12.1 Å². The molecular formula is C8H6F2N4S.